The largest absolute Gasteiger partial charge is 0.452 e. The Kier molecular flexibility index (Phi) is 5.97. The number of thioether (sulfide) groups is 1. The summed E-state index contributed by atoms with van der Waals surface area (Å²) in [4.78, 5) is 30.6. The maximum absolute atomic E-state index is 13.2. The normalized spacial score (nSPS) is 14.4. The second-order valence-corrected chi connectivity index (χ2v) is 9.57. The van der Waals surface area contributed by atoms with Crippen LogP contribution in [-0.4, -0.2) is 21.7 Å². The zero-order chi connectivity index (χ0) is 23.8. The van der Waals surface area contributed by atoms with Gasteiger partial charge in [0, 0.05) is 27.8 Å². The molecule has 0 unspecified atom stereocenters. The summed E-state index contributed by atoms with van der Waals surface area (Å²) in [6, 6.07) is 18.8. The number of amides is 1. The molecule has 0 bridgehead atoms. The van der Waals surface area contributed by atoms with Crippen LogP contribution in [0.3, 0.4) is 0 Å². The van der Waals surface area contributed by atoms with Crippen molar-refractivity contribution in [3.63, 3.8) is 0 Å². The predicted octanol–water partition coefficient (Wildman–Crippen LogP) is 4.94. The Morgan fingerprint density at radius 1 is 1.24 bits per heavy atom. The molecule has 34 heavy (non-hydrogen) atoms. The molecule has 1 atom stereocenters. The molecule has 0 aliphatic carbocycles. The number of nitrogens with zero attached hydrogens (tertiary/aromatic N) is 3. The highest BCUT2D eigenvalue weighted by Crippen LogP contribution is 2.38. The van der Waals surface area contributed by atoms with Crippen LogP contribution in [-0.2, 0) is 4.79 Å². The van der Waals surface area contributed by atoms with Gasteiger partial charge in [-0.1, -0.05) is 58.0 Å². The van der Waals surface area contributed by atoms with Gasteiger partial charge in [0.25, 0.3) is 0 Å². The fourth-order valence-corrected chi connectivity index (χ4v) is 4.88. The lowest BCUT2D eigenvalue weighted by Gasteiger charge is -2.30. The lowest BCUT2D eigenvalue weighted by molar-refractivity contribution is -0.764. The number of aromatic nitrogens is 3. The average molecular weight is 536 g/mol. The van der Waals surface area contributed by atoms with Crippen LogP contribution >= 0.6 is 27.7 Å². The van der Waals surface area contributed by atoms with Crippen LogP contribution in [0.2, 0.25) is 0 Å². The molecule has 3 heterocycles. The Bertz CT molecular complexity index is 1460. The zero-order valence-corrected chi connectivity index (χ0v) is 20.6. The summed E-state index contributed by atoms with van der Waals surface area (Å²) in [6.45, 7) is 5.23. The molecule has 170 valence electrons. The number of furan rings is 1. The lowest BCUT2D eigenvalue weighted by atomic mass is 10.0. The number of halogens is 1. The lowest BCUT2D eigenvalue weighted by Crippen LogP contribution is -2.60. The molecule has 0 saturated heterocycles. The minimum absolute atomic E-state index is 0.195. The van der Waals surface area contributed by atoms with E-state index in [-0.39, 0.29) is 11.5 Å². The van der Waals surface area contributed by atoms with Crippen molar-refractivity contribution < 1.29 is 13.9 Å². The van der Waals surface area contributed by atoms with Crippen LogP contribution in [0.5, 0.6) is 0 Å². The average Bonchev–Trinajstić information content (AvgIpc) is 3.31. The number of rotatable bonds is 5. The van der Waals surface area contributed by atoms with Crippen molar-refractivity contribution in [3.8, 4) is 22.6 Å². The number of carbonyl (C=O) groups excluding carboxylic acids is 1. The molecular weight excluding hydrogens is 516 g/mol. The summed E-state index contributed by atoms with van der Waals surface area (Å²) < 4.78 is 8.80. The minimum Gasteiger partial charge on any atom is -0.452 e. The van der Waals surface area contributed by atoms with Crippen LogP contribution in [0.1, 0.15) is 18.8 Å². The van der Waals surface area contributed by atoms with Gasteiger partial charge < -0.3 is 4.42 Å². The second-order valence-electron chi connectivity index (χ2n) is 7.64. The van der Waals surface area contributed by atoms with E-state index in [0.717, 1.165) is 10.0 Å². The molecule has 1 aliphatic heterocycles. The molecule has 1 aliphatic rings. The second kappa shape index (κ2) is 9.08. The molecule has 4 aromatic rings. The van der Waals surface area contributed by atoms with Gasteiger partial charge in [0.2, 0.25) is 11.1 Å². The Labute approximate surface area is 208 Å². The van der Waals surface area contributed by atoms with Crippen LogP contribution in [0, 0.1) is 0 Å². The van der Waals surface area contributed by atoms with Gasteiger partial charge in [-0.05, 0) is 41.1 Å². The maximum atomic E-state index is 13.2. The number of benzene rings is 2. The number of carbonyl (C=O) groups is 1. The summed E-state index contributed by atoms with van der Waals surface area (Å²) in [5.41, 5.74) is 2.22. The minimum atomic E-state index is -0.767. The van der Waals surface area contributed by atoms with Gasteiger partial charge in [-0.25, -0.2) is 4.90 Å². The summed E-state index contributed by atoms with van der Waals surface area (Å²) in [5, 5.41) is 5.14. The highest BCUT2D eigenvalue weighted by molar-refractivity contribution is 9.10. The third-order valence-corrected chi connectivity index (χ3v) is 6.83. The van der Waals surface area contributed by atoms with Crippen LogP contribution < -0.4 is 15.1 Å². The number of fused-ring (bicyclic) bond motifs is 3. The van der Waals surface area contributed by atoms with E-state index >= 15 is 0 Å². The predicted molar refractivity (Wildman–Crippen MR) is 135 cm³/mol. The van der Waals surface area contributed by atoms with E-state index in [1.54, 1.807) is 15.7 Å². The van der Waals surface area contributed by atoms with E-state index in [0.29, 0.717) is 39.4 Å². The molecule has 5 rings (SSSR count). The summed E-state index contributed by atoms with van der Waals surface area (Å²) in [5.74, 6) is 1.53. The molecule has 0 fully saturated rings. The number of nitrogens with one attached hydrogen (secondary N) is 1. The first kappa shape index (κ1) is 22.4. The standard InChI is InChI=1S/C25H19BrN4O3S/c1-3-14-34-25-27-23(32)22-18-6-4-5-7-19(18)29(15(2)31)24(30(22)28-25)21-13-12-20(33-21)16-8-10-17(26)11-9-16/h3-13,24H,1,14H2,2H3/p+1/t24-/m1/s1. The third-order valence-electron chi connectivity index (χ3n) is 5.45. The van der Waals surface area contributed by atoms with Gasteiger partial charge in [0.1, 0.15) is 5.76 Å². The molecule has 0 spiro atoms. The van der Waals surface area contributed by atoms with Crippen molar-refractivity contribution in [1.82, 2.24) is 10.1 Å². The van der Waals surface area contributed by atoms with E-state index in [9.17, 15) is 9.59 Å². The van der Waals surface area contributed by atoms with E-state index in [4.69, 9.17) is 9.52 Å². The first-order valence-electron chi connectivity index (χ1n) is 10.5. The van der Waals surface area contributed by atoms with E-state index < -0.39 is 6.17 Å². The number of hydrogen-bond acceptors (Lipinski definition) is 5. The number of H-pyrrole nitrogens is 1. The zero-order valence-electron chi connectivity index (χ0n) is 18.2. The highest BCUT2D eigenvalue weighted by Gasteiger charge is 2.46. The first-order chi connectivity index (χ1) is 16.5. The fourth-order valence-electron chi connectivity index (χ4n) is 4.03. The Hall–Kier alpha value is -3.43. The number of aromatic amines is 1. The molecule has 9 heteroatoms. The monoisotopic (exact) mass is 535 g/mol. The van der Waals surface area contributed by atoms with Crippen LogP contribution in [0.25, 0.3) is 22.6 Å². The van der Waals surface area contributed by atoms with Crippen molar-refractivity contribution in [2.75, 3.05) is 10.7 Å². The Balaban J connectivity index is 1.72. The molecule has 1 amide bonds. The molecule has 0 radical (unpaired) electrons. The number of anilines is 1. The van der Waals surface area contributed by atoms with Gasteiger partial charge in [0.05, 0.1) is 11.3 Å². The van der Waals surface area contributed by atoms with E-state index in [1.165, 1.54) is 18.7 Å². The first-order valence-corrected chi connectivity index (χ1v) is 12.3. The SMILES string of the molecule is C=CCSc1n[n+]2c(c(=O)[nH]1)-c1ccccc1N(C(C)=O)[C@H]2c1ccc(-c2ccc(Br)cc2)o1. The number of para-hydroxylation sites is 1. The van der Waals surface area contributed by atoms with Gasteiger partial charge >= 0.3 is 17.4 Å². The maximum Gasteiger partial charge on any atom is 0.325 e. The number of hydrogen-bond donors (Lipinski definition) is 1. The molecule has 1 N–H and O–H groups in total. The van der Waals surface area contributed by atoms with Crippen molar-refractivity contribution >= 4 is 39.3 Å². The van der Waals surface area contributed by atoms with Gasteiger partial charge in [0.15, 0.2) is 5.76 Å². The molecule has 2 aromatic carbocycles. The molecule has 7 nitrogen and oxygen atoms in total. The van der Waals surface area contributed by atoms with E-state index in [2.05, 4.69) is 27.5 Å². The Morgan fingerprint density at radius 3 is 2.74 bits per heavy atom. The fraction of sp³-hybridized carbons (Fsp3) is 0.120. The van der Waals surface area contributed by atoms with Gasteiger partial charge in [-0.15, -0.1) is 6.58 Å². The van der Waals surface area contributed by atoms with Crippen LogP contribution in [0.15, 0.2) is 92.2 Å². The highest BCUT2D eigenvalue weighted by atomic mass is 79.9. The quantitative estimate of drug-likeness (QED) is 0.222. The molecular formula is C25H20BrN4O3S+. The van der Waals surface area contributed by atoms with Gasteiger partial charge in [-0.2, -0.15) is 0 Å². The summed E-state index contributed by atoms with van der Waals surface area (Å²) >= 11 is 4.80. The van der Waals surface area contributed by atoms with Crippen molar-refractivity contribution in [3.05, 3.63) is 93.9 Å². The third kappa shape index (κ3) is 3.91. The smallest absolute Gasteiger partial charge is 0.325 e. The molecule has 0 saturated carbocycles. The van der Waals surface area contributed by atoms with Crippen molar-refractivity contribution in [2.45, 2.75) is 18.2 Å². The molecule has 2 aromatic heterocycles. The van der Waals surface area contributed by atoms with Crippen molar-refractivity contribution in [2.24, 2.45) is 0 Å². The van der Waals surface area contributed by atoms with Crippen LogP contribution in [0.4, 0.5) is 5.69 Å². The van der Waals surface area contributed by atoms with Crippen molar-refractivity contribution in [1.29, 1.82) is 0 Å². The summed E-state index contributed by atoms with van der Waals surface area (Å²) in [6.07, 6.45) is 0.970. The van der Waals surface area contributed by atoms with E-state index in [1.807, 2.05) is 60.7 Å². The Morgan fingerprint density at radius 2 is 2.00 bits per heavy atom. The van der Waals surface area contributed by atoms with Gasteiger partial charge in [-0.3, -0.25) is 14.6 Å². The summed E-state index contributed by atoms with van der Waals surface area (Å²) in [7, 11) is 0. The topological polar surface area (TPSA) is 83.1 Å².